The van der Waals surface area contributed by atoms with Crippen molar-refractivity contribution in [1.29, 1.82) is 0 Å². The molecule has 0 saturated heterocycles. The van der Waals surface area contributed by atoms with Gasteiger partial charge in [-0.1, -0.05) is 99.6 Å². The number of allylic oxidation sites excluding steroid dienone is 2. The second-order valence-corrected chi connectivity index (χ2v) is 14.5. The predicted molar refractivity (Wildman–Crippen MR) is 200 cm³/mol. The number of aryl methyl sites for hydroxylation is 2. The number of carbonyl (C=O) groups excluding carboxylic acids is 1. The number of aromatic nitrogens is 1. The quantitative estimate of drug-likeness (QED) is 0.0985. The molecule has 1 heterocycles. The monoisotopic (exact) mass is 823 g/mol. The smallest absolute Gasteiger partial charge is 0.164 e. The van der Waals surface area contributed by atoms with Crippen molar-refractivity contribution in [1.82, 2.24) is 4.98 Å². The fourth-order valence-electron chi connectivity index (χ4n) is 7.34. The van der Waals surface area contributed by atoms with Gasteiger partial charge in [0.1, 0.15) is 5.76 Å². The van der Waals surface area contributed by atoms with Crippen LogP contribution in [0, 0.1) is 37.7 Å². The summed E-state index contributed by atoms with van der Waals surface area (Å²) in [6.07, 6.45) is 4.51. The number of hydrogen-bond acceptors (Lipinski definition) is 3. The molecule has 0 amide bonds. The molecule has 3 aromatic carbocycles. The van der Waals surface area contributed by atoms with Crippen LogP contribution in [-0.2, 0) is 36.7 Å². The second-order valence-electron chi connectivity index (χ2n) is 14.5. The van der Waals surface area contributed by atoms with Crippen LogP contribution in [0.2, 0.25) is 0 Å². The first-order valence-corrected chi connectivity index (χ1v) is 17.8. The fraction of sp³-hybridized carbons (Fsp3) is 0.455. The van der Waals surface area contributed by atoms with Crippen LogP contribution in [0.4, 0.5) is 0 Å². The summed E-state index contributed by atoms with van der Waals surface area (Å²) in [5, 5.41) is 11.3. The molecule has 1 aliphatic rings. The standard InChI is InChI=1S/C30H30N.C14H26O2.Ir/c1-18(2)11-21-15-28(22-13-19(3)12-20(4)14-22)31-29-17-27-25(16-24(21)29)23-9-7-8-10-26(23)30(27,5)6;1-6-11(7-2)13(15)10(5)14(16)12(8-3)9-4;/h7-10,12-13,15-18H,11H2,1-6H3;11-12,15H,6-9H2,1-5H3;/q-1;;/b;13-10-;. The molecule has 48 heavy (non-hydrogen) atoms. The maximum Gasteiger partial charge on any atom is 0.164 e. The molecule has 1 N–H and O–H groups in total. The Bertz CT molecular complexity index is 1750. The summed E-state index contributed by atoms with van der Waals surface area (Å²) < 4.78 is 0. The van der Waals surface area contributed by atoms with Gasteiger partial charge in [-0.25, -0.2) is 0 Å². The third kappa shape index (κ3) is 8.20. The van der Waals surface area contributed by atoms with E-state index in [1.54, 1.807) is 6.92 Å². The summed E-state index contributed by atoms with van der Waals surface area (Å²) in [5.41, 5.74) is 13.1. The fourth-order valence-corrected chi connectivity index (χ4v) is 7.34. The molecule has 0 unspecified atom stereocenters. The minimum absolute atomic E-state index is 0. The van der Waals surface area contributed by atoms with Gasteiger partial charge in [-0.15, -0.1) is 34.9 Å². The van der Waals surface area contributed by atoms with Crippen molar-refractivity contribution in [3.63, 3.8) is 0 Å². The zero-order valence-electron chi connectivity index (χ0n) is 31.1. The van der Waals surface area contributed by atoms with Crippen LogP contribution in [0.5, 0.6) is 0 Å². The van der Waals surface area contributed by atoms with E-state index < -0.39 is 0 Å². The molecule has 1 radical (unpaired) electrons. The van der Waals surface area contributed by atoms with Gasteiger partial charge in [-0.2, -0.15) is 0 Å². The van der Waals surface area contributed by atoms with E-state index in [2.05, 4.69) is 102 Å². The average Bonchev–Trinajstić information content (AvgIpc) is 3.26. The first kappa shape index (κ1) is 39.4. The van der Waals surface area contributed by atoms with Gasteiger partial charge >= 0.3 is 0 Å². The van der Waals surface area contributed by atoms with E-state index in [4.69, 9.17) is 4.98 Å². The summed E-state index contributed by atoms with van der Waals surface area (Å²) in [5.74, 6) is 1.21. The van der Waals surface area contributed by atoms with Crippen molar-refractivity contribution < 1.29 is 30.0 Å². The number of benzene rings is 3. The molecule has 4 aromatic rings. The maximum absolute atomic E-state index is 12.1. The van der Waals surface area contributed by atoms with Gasteiger partial charge < -0.3 is 5.11 Å². The number of Topliss-reactive ketones (excluding diaryl/α,β-unsaturated/α-hetero) is 1. The molecule has 1 aliphatic carbocycles. The molecule has 0 fully saturated rings. The van der Waals surface area contributed by atoms with Crippen LogP contribution in [0.15, 0.2) is 65.9 Å². The Labute approximate surface area is 304 Å². The largest absolute Gasteiger partial charge is 0.512 e. The van der Waals surface area contributed by atoms with Crippen LogP contribution in [-0.4, -0.2) is 15.9 Å². The number of rotatable bonds is 10. The van der Waals surface area contributed by atoms with Gasteiger partial charge in [0, 0.05) is 48.3 Å². The number of pyridine rings is 1. The number of hydrogen-bond donors (Lipinski definition) is 1. The number of ketones is 1. The molecule has 3 nitrogen and oxygen atoms in total. The Hall–Kier alpha value is -3.07. The van der Waals surface area contributed by atoms with E-state index in [1.807, 2.05) is 27.7 Å². The summed E-state index contributed by atoms with van der Waals surface area (Å²) in [4.78, 5) is 17.2. The normalized spacial score (nSPS) is 13.5. The van der Waals surface area contributed by atoms with Crippen molar-refractivity contribution in [3.05, 3.63) is 99.8 Å². The molecule has 0 bridgehead atoms. The van der Waals surface area contributed by atoms with E-state index in [0.717, 1.165) is 54.4 Å². The van der Waals surface area contributed by atoms with Crippen LogP contribution in [0.3, 0.4) is 0 Å². The van der Waals surface area contributed by atoms with Crippen molar-refractivity contribution in [2.24, 2.45) is 17.8 Å². The number of carbonyl (C=O) groups is 1. The summed E-state index contributed by atoms with van der Waals surface area (Å²) in [7, 11) is 0. The van der Waals surface area contributed by atoms with E-state index in [1.165, 1.54) is 38.8 Å². The first-order valence-electron chi connectivity index (χ1n) is 17.8. The topological polar surface area (TPSA) is 50.2 Å². The number of nitrogens with zero attached hydrogens (tertiary/aromatic N) is 1. The van der Waals surface area contributed by atoms with Crippen molar-refractivity contribution in [2.45, 2.75) is 114 Å². The molecular weight excluding hydrogens is 767 g/mol. The van der Waals surface area contributed by atoms with Gasteiger partial charge in [0.05, 0.1) is 5.52 Å². The Morgan fingerprint density at radius 1 is 0.854 bits per heavy atom. The van der Waals surface area contributed by atoms with Crippen molar-refractivity contribution >= 4 is 16.7 Å². The van der Waals surface area contributed by atoms with E-state index in [9.17, 15) is 9.90 Å². The minimum Gasteiger partial charge on any atom is -0.512 e. The third-order valence-electron chi connectivity index (χ3n) is 10.1. The van der Waals surface area contributed by atoms with E-state index >= 15 is 0 Å². The maximum atomic E-state index is 12.1. The number of aliphatic hydroxyl groups excluding tert-OH is 1. The molecule has 0 atom stereocenters. The first-order chi connectivity index (χ1) is 22.3. The summed E-state index contributed by atoms with van der Waals surface area (Å²) in [6, 6.07) is 23.8. The SMILES string of the molecule is CCC(CC)C(=O)/C(C)=C(\O)C(CC)CC.Cc1[c-]c(-c2cc(CC(C)C)c3cc4c(cc3n2)C(C)(C)c2ccccc2-4)cc(C)c1.[Ir]. The minimum atomic E-state index is -0.0118. The zero-order valence-corrected chi connectivity index (χ0v) is 33.5. The number of fused-ring (bicyclic) bond motifs is 4. The van der Waals surface area contributed by atoms with Gasteiger partial charge in [0.15, 0.2) is 5.78 Å². The zero-order chi connectivity index (χ0) is 34.6. The van der Waals surface area contributed by atoms with Crippen molar-refractivity contribution in [3.8, 4) is 22.4 Å². The molecule has 1 aromatic heterocycles. The Balaban J connectivity index is 0.000000316. The van der Waals surface area contributed by atoms with E-state index in [-0.39, 0.29) is 43.1 Å². The molecule has 5 rings (SSSR count). The van der Waals surface area contributed by atoms with Gasteiger partial charge in [0.2, 0.25) is 0 Å². The van der Waals surface area contributed by atoms with Gasteiger partial charge in [0.25, 0.3) is 0 Å². The van der Waals surface area contributed by atoms with E-state index in [0.29, 0.717) is 17.3 Å². The molecule has 259 valence electrons. The van der Waals surface area contributed by atoms with Crippen LogP contribution < -0.4 is 0 Å². The number of aliphatic hydroxyl groups is 1. The summed E-state index contributed by atoms with van der Waals surface area (Å²) in [6.45, 7) is 23.4. The molecule has 0 spiro atoms. The summed E-state index contributed by atoms with van der Waals surface area (Å²) >= 11 is 0. The second kappa shape index (κ2) is 16.6. The molecule has 0 aliphatic heterocycles. The predicted octanol–water partition coefficient (Wildman–Crippen LogP) is 12.1. The Morgan fingerprint density at radius 3 is 2.06 bits per heavy atom. The molecular formula is C44H56IrNO2-. The van der Waals surface area contributed by atoms with Crippen LogP contribution in [0.1, 0.15) is 116 Å². The van der Waals surface area contributed by atoms with Gasteiger partial charge in [-0.05, 0) is 90.6 Å². The van der Waals surface area contributed by atoms with Crippen LogP contribution >= 0.6 is 0 Å². The average molecular weight is 823 g/mol. The van der Waals surface area contributed by atoms with Crippen molar-refractivity contribution in [2.75, 3.05) is 0 Å². The Morgan fingerprint density at radius 2 is 1.48 bits per heavy atom. The third-order valence-corrected chi connectivity index (χ3v) is 10.1. The van der Waals surface area contributed by atoms with Crippen LogP contribution in [0.25, 0.3) is 33.3 Å². The van der Waals surface area contributed by atoms with Gasteiger partial charge in [-0.3, -0.25) is 9.78 Å². The Kier molecular flexibility index (Phi) is 13.6. The molecule has 0 saturated carbocycles. The molecule has 4 heteroatoms.